The number of fused-ring (bicyclic) bond motifs is 4. The maximum absolute atomic E-state index is 12.8. The van der Waals surface area contributed by atoms with Crippen molar-refractivity contribution in [3.63, 3.8) is 0 Å². The number of aliphatic carboxylic acids is 1. The summed E-state index contributed by atoms with van der Waals surface area (Å²) in [5.41, 5.74) is 5.57. The van der Waals surface area contributed by atoms with Gasteiger partial charge in [0.2, 0.25) is 0 Å². The smallest absolute Gasteiger partial charge is 0.407 e. The maximum Gasteiger partial charge on any atom is 0.407 e. The summed E-state index contributed by atoms with van der Waals surface area (Å²) in [4.78, 5) is 28.7. The lowest BCUT2D eigenvalue weighted by Crippen LogP contribution is -2.32. The Morgan fingerprint density at radius 3 is 2.26 bits per heavy atom. The number of halogens is 1. The molecule has 34 heavy (non-hydrogen) atoms. The van der Waals surface area contributed by atoms with E-state index in [2.05, 4.69) is 22.4 Å². The van der Waals surface area contributed by atoms with E-state index >= 15 is 0 Å². The number of hydrogen-bond donors (Lipinski definition) is 2. The molecular weight excluding hydrogens is 452 g/mol. The molecule has 0 fully saturated rings. The zero-order valence-corrected chi connectivity index (χ0v) is 18.8. The predicted octanol–water partition coefficient (Wildman–Crippen LogP) is 5.94. The van der Waals surface area contributed by atoms with E-state index in [0.29, 0.717) is 11.1 Å². The molecule has 0 spiro atoms. The van der Waals surface area contributed by atoms with Gasteiger partial charge in [0.25, 0.3) is 0 Å². The van der Waals surface area contributed by atoms with Crippen molar-refractivity contribution in [2.75, 3.05) is 6.61 Å². The molecule has 0 aliphatic heterocycles. The third-order valence-corrected chi connectivity index (χ3v) is 6.40. The molecule has 170 valence electrons. The van der Waals surface area contributed by atoms with Crippen LogP contribution in [0.1, 0.15) is 35.1 Å². The number of carbonyl (C=O) groups excluding carboxylic acids is 1. The number of amides is 1. The summed E-state index contributed by atoms with van der Waals surface area (Å²) in [5.74, 6) is -1.17. The number of rotatable bonds is 6. The van der Waals surface area contributed by atoms with Crippen LogP contribution in [-0.2, 0) is 9.53 Å². The first kappa shape index (κ1) is 21.9. The highest BCUT2D eigenvalue weighted by molar-refractivity contribution is 6.30. The minimum Gasteiger partial charge on any atom is -0.481 e. The Morgan fingerprint density at radius 1 is 0.971 bits per heavy atom. The molecule has 1 aliphatic rings. The fourth-order valence-electron chi connectivity index (χ4n) is 4.55. The van der Waals surface area contributed by atoms with Gasteiger partial charge >= 0.3 is 12.1 Å². The maximum atomic E-state index is 12.8. The molecule has 0 saturated heterocycles. The highest BCUT2D eigenvalue weighted by atomic mass is 35.5. The zero-order valence-electron chi connectivity index (χ0n) is 18.1. The number of pyridine rings is 1. The van der Waals surface area contributed by atoms with Crippen LogP contribution in [0.15, 0.2) is 78.9 Å². The van der Waals surface area contributed by atoms with Gasteiger partial charge in [0.15, 0.2) is 0 Å². The summed E-state index contributed by atoms with van der Waals surface area (Å²) in [5, 5.41) is 13.0. The van der Waals surface area contributed by atoms with Gasteiger partial charge in [-0.25, -0.2) is 9.78 Å². The van der Waals surface area contributed by atoms with Crippen molar-refractivity contribution >= 4 is 34.6 Å². The van der Waals surface area contributed by atoms with Crippen molar-refractivity contribution in [3.8, 4) is 11.1 Å². The summed E-state index contributed by atoms with van der Waals surface area (Å²) in [6.45, 7) is 0.128. The number of carbonyl (C=O) groups is 2. The van der Waals surface area contributed by atoms with E-state index in [4.69, 9.17) is 16.3 Å². The Bertz CT molecular complexity index is 1360. The lowest BCUT2D eigenvalue weighted by molar-refractivity contribution is -0.137. The first-order chi connectivity index (χ1) is 16.5. The van der Waals surface area contributed by atoms with Crippen LogP contribution in [0.2, 0.25) is 5.15 Å². The van der Waals surface area contributed by atoms with Gasteiger partial charge < -0.3 is 15.2 Å². The molecule has 1 aliphatic carbocycles. The second-order valence-electron chi connectivity index (χ2n) is 8.18. The minimum atomic E-state index is -1.08. The molecule has 0 saturated carbocycles. The number of nitrogens with one attached hydrogen (secondary N) is 1. The molecule has 7 heteroatoms. The zero-order chi connectivity index (χ0) is 23.7. The summed E-state index contributed by atoms with van der Waals surface area (Å²) in [7, 11) is 0. The number of benzene rings is 3. The molecular formula is C27H21ClN2O4. The lowest BCUT2D eigenvalue weighted by Gasteiger charge is -2.20. The second-order valence-corrected chi connectivity index (χ2v) is 8.54. The molecule has 1 unspecified atom stereocenters. The summed E-state index contributed by atoms with van der Waals surface area (Å²) in [6.07, 6.45) is -1.07. The highest BCUT2D eigenvalue weighted by Gasteiger charge is 2.30. The van der Waals surface area contributed by atoms with Gasteiger partial charge in [-0.3, -0.25) is 4.79 Å². The number of aromatic nitrogens is 1. The van der Waals surface area contributed by atoms with Crippen molar-refractivity contribution in [1.29, 1.82) is 0 Å². The Hall–Kier alpha value is -3.90. The van der Waals surface area contributed by atoms with Gasteiger partial charge in [0.05, 0.1) is 18.0 Å². The quantitative estimate of drug-likeness (QED) is 0.339. The van der Waals surface area contributed by atoms with Crippen LogP contribution in [-0.4, -0.2) is 28.8 Å². The fourth-order valence-corrected chi connectivity index (χ4v) is 4.83. The van der Waals surface area contributed by atoms with Crippen molar-refractivity contribution < 1.29 is 19.4 Å². The van der Waals surface area contributed by atoms with Gasteiger partial charge in [-0.1, -0.05) is 78.3 Å². The third kappa shape index (κ3) is 4.20. The van der Waals surface area contributed by atoms with Crippen LogP contribution in [0, 0.1) is 0 Å². The molecule has 1 amide bonds. The number of ether oxygens (including phenoxy) is 1. The van der Waals surface area contributed by atoms with E-state index in [1.54, 1.807) is 6.07 Å². The summed E-state index contributed by atoms with van der Waals surface area (Å²) < 4.78 is 5.59. The largest absolute Gasteiger partial charge is 0.481 e. The summed E-state index contributed by atoms with van der Waals surface area (Å²) >= 11 is 6.36. The number of hydrogen-bond acceptors (Lipinski definition) is 4. The van der Waals surface area contributed by atoms with Crippen LogP contribution >= 0.6 is 11.6 Å². The van der Waals surface area contributed by atoms with Crippen LogP contribution in [0.3, 0.4) is 0 Å². The monoisotopic (exact) mass is 472 g/mol. The molecule has 3 aromatic carbocycles. The number of alkyl carbamates (subject to hydrolysis) is 1. The van der Waals surface area contributed by atoms with Crippen LogP contribution in [0.25, 0.3) is 22.0 Å². The molecule has 0 bridgehead atoms. The van der Waals surface area contributed by atoms with E-state index < -0.39 is 18.1 Å². The van der Waals surface area contributed by atoms with Crippen molar-refractivity contribution in [1.82, 2.24) is 10.3 Å². The molecule has 1 atom stereocenters. The highest BCUT2D eigenvalue weighted by Crippen LogP contribution is 2.44. The van der Waals surface area contributed by atoms with Gasteiger partial charge in [0, 0.05) is 16.9 Å². The first-order valence-electron chi connectivity index (χ1n) is 10.9. The molecule has 2 N–H and O–H groups in total. The van der Waals surface area contributed by atoms with E-state index in [1.807, 2.05) is 60.7 Å². The van der Waals surface area contributed by atoms with Crippen molar-refractivity contribution in [2.45, 2.75) is 18.4 Å². The predicted molar refractivity (Wildman–Crippen MR) is 130 cm³/mol. The Balaban J connectivity index is 1.36. The lowest BCUT2D eigenvalue weighted by atomic mass is 9.98. The molecule has 5 rings (SSSR count). The normalized spacial score (nSPS) is 13.2. The standard InChI is InChI=1S/C27H21ClN2O4/c28-26-21(13-16-7-1-6-12-23(16)29-26)24(14-25(31)32)30-27(33)34-15-22-19-10-4-2-8-17(19)18-9-3-5-11-20(18)22/h1-13,22,24H,14-15H2,(H,30,33)(H,31,32). The molecule has 0 radical (unpaired) electrons. The average molecular weight is 473 g/mol. The van der Waals surface area contributed by atoms with Crippen LogP contribution < -0.4 is 5.32 Å². The van der Waals surface area contributed by atoms with Gasteiger partial charge in [-0.15, -0.1) is 0 Å². The SMILES string of the molecule is O=C(O)CC(NC(=O)OCC1c2ccccc2-c2ccccc21)c1cc2ccccc2nc1Cl. The van der Waals surface area contributed by atoms with Crippen molar-refractivity contribution in [3.05, 3.63) is 101 Å². The van der Waals surface area contributed by atoms with Gasteiger partial charge in [0.1, 0.15) is 11.8 Å². The van der Waals surface area contributed by atoms with Crippen LogP contribution in [0.4, 0.5) is 4.79 Å². The Labute approximate surface area is 201 Å². The van der Waals surface area contributed by atoms with E-state index in [1.165, 1.54) is 0 Å². The second kappa shape index (κ2) is 9.15. The average Bonchev–Trinajstić information content (AvgIpc) is 3.15. The minimum absolute atomic E-state index is 0.0954. The van der Waals surface area contributed by atoms with E-state index in [0.717, 1.165) is 27.6 Å². The fraction of sp³-hybridized carbons (Fsp3) is 0.148. The molecule has 6 nitrogen and oxygen atoms in total. The van der Waals surface area contributed by atoms with Crippen LogP contribution in [0.5, 0.6) is 0 Å². The molecule has 1 heterocycles. The number of nitrogens with zero attached hydrogens (tertiary/aromatic N) is 1. The number of carboxylic acid groups (broad SMARTS) is 1. The van der Waals surface area contributed by atoms with Gasteiger partial charge in [-0.05, 0) is 34.4 Å². The van der Waals surface area contributed by atoms with E-state index in [9.17, 15) is 14.7 Å². The molecule has 4 aromatic rings. The van der Waals surface area contributed by atoms with Gasteiger partial charge in [-0.2, -0.15) is 0 Å². The van der Waals surface area contributed by atoms with E-state index in [-0.39, 0.29) is 24.1 Å². The first-order valence-corrected chi connectivity index (χ1v) is 11.3. The number of para-hydroxylation sites is 1. The topological polar surface area (TPSA) is 88.5 Å². The third-order valence-electron chi connectivity index (χ3n) is 6.09. The Morgan fingerprint density at radius 2 is 1.59 bits per heavy atom. The Kier molecular flexibility index (Phi) is 5.90. The number of carboxylic acids is 1. The molecule has 1 aromatic heterocycles. The summed E-state index contributed by atoms with van der Waals surface area (Å²) in [6, 6.07) is 24.3. The van der Waals surface area contributed by atoms with Crippen molar-refractivity contribution in [2.24, 2.45) is 0 Å².